The van der Waals surface area contributed by atoms with Crippen molar-refractivity contribution >= 4 is 49.0 Å². The predicted molar refractivity (Wildman–Crippen MR) is 126 cm³/mol. The Balaban J connectivity index is 1.54. The highest BCUT2D eigenvalue weighted by atomic mass is 79.9. The summed E-state index contributed by atoms with van der Waals surface area (Å²) < 4.78 is 30.0. The van der Waals surface area contributed by atoms with Crippen molar-refractivity contribution in [1.82, 2.24) is 19.3 Å². The third-order valence-corrected chi connectivity index (χ3v) is 6.95. The van der Waals surface area contributed by atoms with Gasteiger partial charge in [-0.15, -0.1) is 0 Å². The van der Waals surface area contributed by atoms with E-state index in [1.807, 2.05) is 37.3 Å². The molecule has 0 saturated carbocycles. The van der Waals surface area contributed by atoms with Crippen LogP contribution >= 0.6 is 27.5 Å². The van der Waals surface area contributed by atoms with Gasteiger partial charge in [0.25, 0.3) is 0 Å². The molecule has 0 radical (unpaired) electrons. The van der Waals surface area contributed by atoms with Gasteiger partial charge < -0.3 is 5.32 Å². The lowest BCUT2D eigenvalue weighted by molar-refractivity contribution is 0.582. The Morgan fingerprint density at radius 3 is 2.68 bits per heavy atom. The zero-order chi connectivity index (χ0) is 22.0. The lowest BCUT2D eigenvalue weighted by atomic mass is 10.1. The number of aryl methyl sites for hydroxylation is 1. The number of anilines is 1. The van der Waals surface area contributed by atoms with Gasteiger partial charge in [0.15, 0.2) is 5.65 Å². The number of rotatable bonds is 7. The first-order chi connectivity index (χ1) is 14.8. The second-order valence-corrected chi connectivity index (χ2v) is 9.90. The van der Waals surface area contributed by atoms with E-state index in [1.54, 1.807) is 35.0 Å². The summed E-state index contributed by atoms with van der Waals surface area (Å²) in [5.74, 6) is 0.667. The van der Waals surface area contributed by atoms with E-state index >= 15 is 0 Å². The maximum absolute atomic E-state index is 12.5. The normalized spacial score (nSPS) is 11.7. The number of benzene rings is 2. The van der Waals surface area contributed by atoms with Gasteiger partial charge in [-0.3, -0.25) is 0 Å². The van der Waals surface area contributed by atoms with Crippen LogP contribution in [0, 0.1) is 6.92 Å². The number of nitrogens with one attached hydrogen (secondary N) is 2. The molecular formula is C21H19BrClN5O2S. The van der Waals surface area contributed by atoms with Crippen LogP contribution in [-0.4, -0.2) is 36.1 Å². The van der Waals surface area contributed by atoms with Crippen molar-refractivity contribution in [2.24, 2.45) is 0 Å². The summed E-state index contributed by atoms with van der Waals surface area (Å²) in [6.45, 7) is 2.40. The summed E-state index contributed by atoms with van der Waals surface area (Å²) in [6.07, 6.45) is 1.66. The number of hydrogen-bond donors (Lipinski definition) is 2. The fourth-order valence-corrected chi connectivity index (χ4v) is 4.83. The first-order valence-corrected chi connectivity index (χ1v) is 12.1. The molecule has 0 atom stereocenters. The highest BCUT2D eigenvalue weighted by Crippen LogP contribution is 2.30. The van der Waals surface area contributed by atoms with Crippen molar-refractivity contribution in [2.45, 2.75) is 11.8 Å². The molecule has 4 aromatic rings. The Morgan fingerprint density at radius 2 is 1.90 bits per heavy atom. The Kier molecular flexibility index (Phi) is 6.29. The molecule has 2 heterocycles. The zero-order valence-corrected chi connectivity index (χ0v) is 19.7. The fraction of sp³-hybridized carbons (Fsp3) is 0.143. The van der Waals surface area contributed by atoms with Crippen LogP contribution in [0.5, 0.6) is 0 Å². The summed E-state index contributed by atoms with van der Waals surface area (Å²) >= 11 is 9.82. The molecule has 2 aromatic carbocycles. The molecule has 0 aliphatic rings. The molecule has 2 aromatic heterocycles. The maximum atomic E-state index is 12.5. The molecule has 0 unspecified atom stereocenters. The standard InChI is InChI=1S/C21H19BrClN5O2S/c1-14-5-4-6-15(11-14)31(29,30)26-10-9-24-20-12-19(16-7-2-3-8-18(16)23)27-21-17(22)13-25-28(20)21/h2-8,11-13,24,26H,9-10H2,1H3. The SMILES string of the molecule is Cc1cccc(S(=O)(=O)NCCNc2cc(-c3ccccc3Cl)nc3c(Br)cnn23)c1. The van der Waals surface area contributed by atoms with Crippen LogP contribution < -0.4 is 10.0 Å². The van der Waals surface area contributed by atoms with Crippen molar-refractivity contribution in [2.75, 3.05) is 18.4 Å². The molecule has 31 heavy (non-hydrogen) atoms. The van der Waals surface area contributed by atoms with Gasteiger partial charge in [-0.1, -0.05) is 41.9 Å². The van der Waals surface area contributed by atoms with Gasteiger partial charge in [-0.25, -0.2) is 18.1 Å². The molecule has 4 rings (SSSR count). The molecule has 0 aliphatic carbocycles. The third-order valence-electron chi connectivity index (χ3n) is 4.60. The minimum Gasteiger partial charge on any atom is -0.369 e. The monoisotopic (exact) mass is 519 g/mol. The summed E-state index contributed by atoms with van der Waals surface area (Å²) in [4.78, 5) is 4.91. The smallest absolute Gasteiger partial charge is 0.240 e. The number of fused-ring (bicyclic) bond motifs is 1. The van der Waals surface area contributed by atoms with Crippen LogP contribution in [0.25, 0.3) is 16.9 Å². The molecule has 0 spiro atoms. The Hall–Kier alpha value is -2.46. The van der Waals surface area contributed by atoms with Gasteiger partial charge in [0, 0.05) is 29.7 Å². The van der Waals surface area contributed by atoms with Gasteiger partial charge in [0.1, 0.15) is 5.82 Å². The Labute approximate surface area is 193 Å². The third kappa shape index (κ3) is 4.74. The van der Waals surface area contributed by atoms with Gasteiger partial charge in [-0.05, 0) is 46.6 Å². The molecule has 0 saturated heterocycles. The zero-order valence-electron chi connectivity index (χ0n) is 16.5. The van der Waals surface area contributed by atoms with E-state index in [2.05, 4.69) is 36.1 Å². The minimum atomic E-state index is -3.58. The number of hydrogen-bond acceptors (Lipinski definition) is 5. The van der Waals surface area contributed by atoms with Crippen molar-refractivity contribution in [3.05, 3.63) is 75.9 Å². The van der Waals surface area contributed by atoms with E-state index in [1.165, 1.54) is 0 Å². The molecule has 2 N–H and O–H groups in total. The number of sulfonamides is 1. The van der Waals surface area contributed by atoms with Crippen LogP contribution in [0.3, 0.4) is 0 Å². The summed E-state index contributed by atoms with van der Waals surface area (Å²) in [5, 5.41) is 8.16. The number of aromatic nitrogens is 3. The lowest BCUT2D eigenvalue weighted by Gasteiger charge is -2.12. The molecule has 0 fully saturated rings. The van der Waals surface area contributed by atoms with Crippen LogP contribution in [-0.2, 0) is 10.0 Å². The van der Waals surface area contributed by atoms with Crippen LogP contribution in [0.1, 0.15) is 5.56 Å². The van der Waals surface area contributed by atoms with E-state index < -0.39 is 10.0 Å². The molecule has 7 nitrogen and oxygen atoms in total. The molecule has 0 bridgehead atoms. The van der Waals surface area contributed by atoms with Crippen molar-refractivity contribution in [3.8, 4) is 11.3 Å². The van der Waals surface area contributed by atoms with Crippen molar-refractivity contribution in [1.29, 1.82) is 0 Å². The van der Waals surface area contributed by atoms with Gasteiger partial charge in [0.2, 0.25) is 10.0 Å². The van der Waals surface area contributed by atoms with Gasteiger partial charge in [0.05, 0.1) is 21.3 Å². The topological polar surface area (TPSA) is 88.4 Å². The summed E-state index contributed by atoms with van der Waals surface area (Å²) in [6, 6.07) is 16.1. The second-order valence-electron chi connectivity index (χ2n) is 6.88. The average Bonchev–Trinajstić information content (AvgIpc) is 3.12. The minimum absolute atomic E-state index is 0.198. The fourth-order valence-electron chi connectivity index (χ4n) is 3.11. The molecule has 160 valence electrons. The Morgan fingerprint density at radius 1 is 1.10 bits per heavy atom. The van der Waals surface area contributed by atoms with Gasteiger partial charge in [-0.2, -0.15) is 9.61 Å². The molecule has 0 amide bonds. The predicted octanol–water partition coefficient (Wildman–Crippen LogP) is 4.51. The van der Waals surface area contributed by atoms with Crippen LogP contribution in [0.15, 0.2) is 70.2 Å². The molecular weight excluding hydrogens is 502 g/mol. The van der Waals surface area contributed by atoms with E-state index in [0.717, 1.165) is 15.6 Å². The first kappa shape index (κ1) is 21.8. The quantitative estimate of drug-likeness (QED) is 0.350. The van der Waals surface area contributed by atoms with Crippen LogP contribution in [0.4, 0.5) is 5.82 Å². The number of nitrogens with zero attached hydrogens (tertiary/aromatic N) is 3. The summed E-state index contributed by atoms with van der Waals surface area (Å²) in [5.41, 5.74) is 2.99. The average molecular weight is 521 g/mol. The summed E-state index contributed by atoms with van der Waals surface area (Å²) in [7, 11) is -3.58. The van der Waals surface area contributed by atoms with E-state index in [9.17, 15) is 8.42 Å². The van der Waals surface area contributed by atoms with E-state index in [0.29, 0.717) is 28.7 Å². The number of halogens is 2. The second kappa shape index (κ2) is 8.96. The van der Waals surface area contributed by atoms with Crippen LogP contribution in [0.2, 0.25) is 5.02 Å². The van der Waals surface area contributed by atoms with Crippen molar-refractivity contribution < 1.29 is 8.42 Å². The lowest BCUT2D eigenvalue weighted by Crippen LogP contribution is -2.29. The highest BCUT2D eigenvalue weighted by Gasteiger charge is 2.15. The first-order valence-electron chi connectivity index (χ1n) is 9.44. The maximum Gasteiger partial charge on any atom is 0.240 e. The van der Waals surface area contributed by atoms with E-state index in [4.69, 9.17) is 11.6 Å². The van der Waals surface area contributed by atoms with E-state index in [-0.39, 0.29) is 11.4 Å². The molecule has 10 heteroatoms. The largest absolute Gasteiger partial charge is 0.369 e. The Bertz CT molecular complexity index is 1360. The molecule has 0 aliphatic heterocycles. The highest BCUT2D eigenvalue weighted by molar-refractivity contribution is 9.10. The van der Waals surface area contributed by atoms with Crippen molar-refractivity contribution in [3.63, 3.8) is 0 Å². The van der Waals surface area contributed by atoms with Gasteiger partial charge >= 0.3 is 0 Å².